The highest BCUT2D eigenvalue weighted by Crippen LogP contribution is 2.35. The van der Waals surface area contributed by atoms with Crippen LogP contribution in [0.2, 0.25) is 0 Å². The molecule has 1 atom stereocenters. The van der Waals surface area contributed by atoms with Gasteiger partial charge in [-0.05, 0) is 13.3 Å². The number of nitrogens with zero attached hydrogens (tertiary/aromatic N) is 4. The monoisotopic (exact) mass is 298 g/mol. The molecular formula is C12H18N4O3S. The number of β-amino-alcohol motifs (C(OH)–C–C–N with tert-alkyl or cyclic N) is 1. The van der Waals surface area contributed by atoms with Gasteiger partial charge in [0.1, 0.15) is 11.6 Å². The second-order valence-electron chi connectivity index (χ2n) is 5.44. The van der Waals surface area contributed by atoms with E-state index in [0.29, 0.717) is 25.5 Å². The van der Waals surface area contributed by atoms with E-state index in [2.05, 4.69) is 9.97 Å². The molecule has 7 nitrogen and oxygen atoms in total. The van der Waals surface area contributed by atoms with Crippen molar-refractivity contribution in [3.8, 4) is 0 Å². The van der Waals surface area contributed by atoms with E-state index < -0.39 is 10.0 Å². The van der Waals surface area contributed by atoms with E-state index in [0.717, 1.165) is 17.9 Å². The van der Waals surface area contributed by atoms with E-state index in [1.165, 1.54) is 10.6 Å². The molecular weight excluding hydrogens is 280 g/mol. The minimum absolute atomic E-state index is 0.184. The summed E-state index contributed by atoms with van der Waals surface area (Å²) in [6.07, 6.45) is 1.70. The maximum Gasteiger partial charge on any atom is 0.211 e. The van der Waals surface area contributed by atoms with Crippen molar-refractivity contribution in [2.45, 2.75) is 25.5 Å². The molecule has 1 N–H and O–H groups in total. The standard InChI is InChI=1S/C12H18N4O3S/c1-8-13-10(11-3-4-16(11)20(2,18)19)5-12(14-8)15-6-9(17)7-15/h5,9,11,17H,3-4,6-7H2,1-2H3. The Morgan fingerprint density at radius 2 is 2.05 bits per heavy atom. The van der Waals surface area contributed by atoms with Gasteiger partial charge in [0.2, 0.25) is 10.0 Å². The number of anilines is 1. The van der Waals surface area contributed by atoms with Crippen LogP contribution in [0.15, 0.2) is 6.07 Å². The van der Waals surface area contributed by atoms with Gasteiger partial charge in [-0.1, -0.05) is 0 Å². The van der Waals surface area contributed by atoms with E-state index in [1.54, 1.807) is 6.92 Å². The molecule has 3 heterocycles. The predicted molar refractivity (Wildman–Crippen MR) is 73.9 cm³/mol. The summed E-state index contributed by atoms with van der Waals surface area (Å²) in [5.41, 5.74) is 0.741. The van der Waals surface area contributed by atoms with E-state index in [-0.39, 0.29) is 12.1 Å². The Labute approximate surface area is 118 Å². The average molecular weight is 298 g/mol. The van der Waals surface area contributed by atoms with Crippen LogP contribution in [-0.4, -0.2) is 59.8 Å². The highest BCUT2D eigenvalue weighted by Gasteiger charge is 2.38. The van der Waals surface area contributed by atoms with Gasteiger partial charge in [-0.25, -0.2) is 18.4 Å². The molecule has 8 heteroatoms. The van der Waals surface area contributed by atoms with Crippen molar-refractivity contribution in [1.82, 2.24) is 14.3 Å². The Kier molecular flexibility index (Phi) is 3.19. The van der Waals surface area contributed by atoms with Gasteiger partial charge in [0.25, 0.3) is 0 Å². The van der Waals surface area contributed by atoms with Crippen molar-refractivity contribution in [1.29, 1.82) is 0 Å². The number of aliphatic hydroxyl groups excluding tert-OH is 1. The summed E-state index contributed by atoms with van der Waals surface area (Å²) in [5.74, 6) is 1.39. The Hall–Kier alpha value is -1.25. The van der Waals surface area contributed by atoms with Gasteiger partial charge in [0.05, 0.1) is 24.1 Å². The molecule has 0 amide bonds. The topological polar surface area (TPSA) is 86.6 Å². The number of aliphatic hydroxyl groups is 1. The maximum atomic E-state index is 11.7. The van der Waals surface area contributed by atoms with Crippen molar-refractivity contribution in [2.24, 2.45) is 0 Å². The molecule has 0 aromatic carbocycles. The first-order valence-corrected chi connectivity index (χ1v) is 8.45. The molecule has 2 aliphatic rings. The number of aryl methyl sites for hydroxylation is 1. The molecule has 0 bridgehead atoms. The molecule has 0 spiro atoms. The Morgan fingerprint density at radius 1 is 1.35 bits per heavy atom. The molecule has 2 saturated heterocycles. The summed E-state index contributed by atoms with van der Waals surface area (Å²) in [4.78, 5) is 10.7. The highest BCUT2D eigenvalue weighted by molar-refractivity contribution is 7.88. The van der Waals surface area contributed by atoms with Crippen LogP contribution in [0.25, 0.3) is 0 Å². The Morgan fingerprint density at radius 3 is 2.55 bits per heavy atom. The van der Waals surface area contributed by atoms with Crippen LogP contribution >= 0.6 is 0 Å². The number of hydrogen-bond donors (Lipinski definition) is 1. The van der Waals surface area contributed by atoms with Gasteiger partial charge < -0.3 is 10.0 Å². The summed E-state index contributed by atoms with van der Waals surface area (Å²) in [6.45, 7) is 3.48. The molecule has 20 heavy (non-hydrogen) atoms. The third-order valence-corrected chi connectivity index (χ3v) is 5.06. The number of hydrogen-bond acceptors (Lipinski definition) is 6. The van der Waals surface area contributed by atoms with Crippen molar-refractivity contribution in [3.63, 3.8) is 0 Å². The van der Waals surface area contributed by atoms with Crippen LogP contribution < -0.4 is 4.90 Å². The van der Waals surface area contributed by atoms with Gasteiger partial charge in [-0.3, -0.25) is 0 Å². The molecule has 2 aliphatic heterocycles. The molecule has 0 radical (unpaired) electrons. The van der Waals surface area contributed by atoms with Gasteiger partial charge in [-0.2, -0.15) is 4.31 Å². The van der Waals surface area contributed by atoms with E-state index in [4.69, 9.17) is 0 Å². The van der Waals surface area contributed by atoms with E-state index >= 15 is 0 Å². The van der Waals surface area contributed by atoms with Crippen molar-refractivity contribution in [2.75, 3.05) is 30.8 Å². The third-order valence-electron chi connectivity index (χ3n) is 3.77. The first kappa shape index (κ1) is 13.7. The summed E-state index contributed by atoms with van der Waals surface area (Å²) < 4.78 is 24.8. The quantitative estimate of drug-likeness (QED) is 0.822. The van der Waals surface area contributed by atoms with Gasteiger partial charge in [0, 0.05) is 25.7 Å². The average Bonchev–Trinajstić information content (AvgIpc) is 2.19. The maximum absolute atomic E-state index is 11.7. The molecule has 1 aromatic heterocycles. The molecule has 3 rings (SSSR count). The smallest absolute Gasteiger partial charge is 0.211 e. The van der Waals surface area contributed by atoms with Crippen LogP contribution in [0.4, 0.5) is 5.82 Å². The van der Waals surface area contributed by atoms with Gasteiger partial charge >= 0.3 is 0 Å². The van der Waals surface area contributed by atoms with Crippen molar-refractivity contribution < 1.29 is 13.5 Å². The second-order valence-corrected chi connectivity index (χ2v) is 7.37. The SMILES string of the molecule is Cc1nc(C2CCN2S(C)(=O)=O)cc(N2CC(O)C2)n1. The summed E-state index contributed by atoms with van der Waals surface area (Å²) >= 11 is 0. The predicted octanol–water partition coefficient (Wildman–Crippen LogP) is -0.328. The second kappa shape index (κ2) is 4.64. The summed E-state index contributed by atoms with van der Waals surface area (Å²) in [7, 11) is -3.19. The summed E-state index contributed by atoms with van der Waals surface area (Å²) in [5, 5.41) is 9.36. The minimum atomic E-state index is -3.19. The fourth-order valence-electron chi connectivity index (χ4n) is 2.61. The molecule has 1 aromatic rings. The minimum Gasteiger partial charge on any atom is -0.389 e. The van der Waals surface area contributed by atoms with E-state index in [1.807, 2.05) is 11.0 Å². The lowest BCUT2D eigenvalue weighted by molar-refractivity contribution is 0.141. The molecule has 1 unspecified atom stereocenters. The van der Waals surface area contributed by atoms with Crippen LogP contribution in [0.3, 0.4) is 0 Å². The zero-order chi connectivity index (χ0) is 14.5. The molecule has 0 saturated carbocycles. The van der Waals surface area contributed by atoms with Crippen LogP contribution in [0, 0.1) is 6.92 Å². The molecule has 2 fully saturated rings. The van der Waals surface area contributed by atoms with Gasteiger partial charge in [-0.15, -0.1) is 0 Å². The first-order valence-electron chi connectivity index (χ1n) is 6.60. The molecule has 0 aliphatic carbocycles. The summed E-state index contributed by atoms with van der Waals surface area (Å²) in [6, 6.07) is 1.65. The van der Waals surface area contributed by atoms with Crippen molar-refractivity contribution >= 4 is 15.8 Å². The number of rotatable bonds is 3. The van der Waals surface area contributed by atoms with Crippen LogP contribution in [0.1, 0.15) is 24.0 Å². The zero-order valence-corrected chi connectivity index (χ0v) is 12.3. The molecule has 110 valence electrons. The lowest BCUT2D eigenvalue weighted by Gasteiger charge is -2.40. The first-order chi connectivity index (χ1) is 9.34. The van der Waals surface area contributed by atoms with Crippen molar-refractivity contribution in [3.05, 3.63) is 17.6 Å². The number of sulfonamides is 1. The normalized spacial score (nSPS) is 24.4. The highest BCUT2D eigenvalue weighted by atomic mass is 32.2. The van der Waals surface area contributed by atoms with E-state index in [9.17, 15) is 13.5 Å². The lowest BCUT2D eigenvalue weighted by Crippen LogP contribution is -2.51. The largest absolute Gasteiger partial charge is 0.389 e. The van der Waals surface area contributed by atoms with Crippen LogP contribution in [0.5, 0.6) is 0 Å². The zero-order valence-electron chi connectivity index (χ0n) is 11.5. The Bertz CT molecular complexity index is 628. The Balaban J connectivity index is 1.87. The lowest BCUT2D eigenvalue weighted by atomic mass is 10.0. The fraction of sp³-hybridized carbons (Fsp3) is 0.667. The third kappa shape index (κ3) is 2.38. The van der Waals surface area contributed by atoms with Crippen LogP contribution in [-0.2, 0) is 10.0 Å². The van der Waals surface area contributed by atoms with Gasteiger partial charge in [0.15, 0.2) is 0 Å². The fourth-order valence-corrected chi connectivity index (χ4v) is 3.72. The number of aromatic nitrogens is 2.